The number of nitrogens with zero attached hydrogens (tertiary/aromatic N) is 3. The Morgan fingerprint density at radius 2 is 1.61 bits per heavy atom. The summed E-state index contributed by atoms with van der Waals surface area (Å²) in [6.45, 7) is 2.88. The first-order valence-electron chi connectivity index (χ1n) is 12.1. The number of carbonyl (C=O) groups is 1. The van der Waals surface area contributed by atoms with E-state index >= 15 is 0 Å². The van der Waals surface area contributed by atoms with Crippen LogP contribution in [0.4, 0.5) is 16.0 Å². The van der Waals surface area contributed by atoms with Crippen LogP contribution >= 0.6 is 0 Å². The molecular weight excluding hydrogens is 453 g/mol. The summed E-state index contributed by atoms with van der Waals surface area (Å²) in [5.41, 5.74) is 4.28. The normalized spacial score (nSPS) is 14.4. The molecule has 0 saturated carbocycles. The van der Waals surface area contributed by atoms with Gasteiger partial charge in [-0.15, -0.1) is 0 Å². The van der Waals surface area contributed by atoms with Gasteiger partial charge in [-0.1, -0.05) is 48.5 Å². The van der Waals surface area contributed by atoms with E-state index in [1.165, 1.54) is 17.7 Å². The highest BCUT2D eigenvalue weighted by molar-refractivity contribution is 5.95. The fourth-order valence-electron chi connectivity index (χ4n) is 4.40. The summed E-state index contributed by atoms with van der Waals surface area (Å²) in [6, 6.07) is 24.2. The van der Waals surface area contributed by atoms with Crippen molar-refractivity contribution >= 4 is 17.5 Å². The van der Waals surface area contributed by atoms with Crippen LogP contribution in [0.25, 0.3) is 11.1 Å². The molecule has 0 unspecified atom stereocenters. The van der Waals surface area contributed by atoms with Crippen molar-refractivity contribution in [2.45, 2.75) is 25.4 Å². The lowest BCUT2D eigenvalue weighted by Crippen LogP contribution is -2.44. The van der Waals surface area contributed by atoms with Gasteiger partial charge in [-0.3, -0.25) is 9.69 Å². The number of amides is 1. The van der Waals surface area contributed by atoms with Crippen molar-refractivity contribution in [1.82, 2.24) is 20.2 Å². The van der Waals surface area contributed by atoms with E-state index < -0.39 is 0 Å². The highest BCUT2D eigenvalue weighted by Crippen LogP contribution is 2.21. The minimum atomic E-state index is -0.282. The quantitative estimate of drug-likeness (QED) is 0.369. The van der Waals surface area contributed by atoms with Gasteiger partial charge in [0.25, 0.3) is 5.91 Å². The lowest BCUT2D eigenvalue weighted by molar-refractivity contribution is 0.0909. The molecule has 2 N–H and O–H groups in total. The molecule has 1 amide bonds. The maximum absolute atomic E-state index is 13.1. The maximum Gasteiger partial charge on any atom is 0.251 e. The molecule has 0 spiro atoms. The smallest absolute Gasteiger partial charge is 0.251 e. The fraction of sp³-hybridized carbons (Fsp3) is 0.207. The van der Waals surface area contributed by atoms with Crippen molar-refractivity contribution in [3.63, 3.8) is 0 Å². The summed E-state index contributed by atoms with van der Waals surface area (Å²) < 4.78 is 13.1. The first-order chi connectivity index (χ1) is 17.6. The number of anilines is 2. The van der Waals surface area contributed by atoms with E-state index in [2.05, 4.69) is 49.8 Å². The Labute approximate surface area is 210 Å². The number of benzene rings is 3. The number of piperidine rings is 1. The zero-order valence-electron chi connectivity index (χ0n) is 19.9. The van der Waals surface area contributed by atoms with Gasteiger partial charge in [-0.2, -0.15) is 0 Å². The maximum atomic E-state index is 13.1. The molecule has 0 bridgehead atoms. The van der Waals surface area contributed by atoms with Gasteiger partial charge in [0, 0.05) is 54.9 Å². The first kappa shape index (κ1) is 23.6. The van der Waals surface area contributed by atoms with Gasteiger partial charge < -0.3 is 10.6 Å². The lowest BCUT2D eigenvalue weighted by atomic mass is 10.0. The summed E-state index contributed by atoms with van der Waals surface area (Å²) in [5, 5.41) is 6.34. The second kappa shape index (κ2) is 11.1. The highest BCUT2D eigenvalue weighted by atomic mass is 19.1. The third-order valence-electron chi connectivity index (χ3n) is 6.38. The molecule has 36 heavy (non-hydrogen) atoms. The topological polar surface area (TPSA) is 70.2 Å². The standard InChI is InChI=1S/C29H28FN5O/c30-25-11-9-22(10-12-25)24-18-31-29(32-19-24)34-27-8-4-7-23(17-27)28(36)33-26-13-15-35(16-14-26)20-21-5-2-1-3-6-21/h1-12,17-19,26H,13-16,20H2,(H,33,36)(H,31,32,34). The van der Waals surface area contributed by atoms with Crippen molar-refractivity contribution in [2.24, 2.45) is 0 Å². The van der Waals surface area contributed by atoms with Crippen LogP contribution in [0.1, 0.15) is 28.8 Å². The molecule has 182 valence electrons. The van der Waals surface area contributed by atoms with Gasteiger partial charge in [0.15, 0.2) is 0 Å². The average molecular weight is 482 g/mol. The van der Waals surface area contributed by atoms with E-state index in [9.17, 15) is 9.18 Å². The van der Waals surface area contributed by atoms with Crippen molar-refractivity contribution in [1.29, 1.82) is 0 Å². The van der Waals surface area contributed by atoms with E-state index in [1.54, 1.807) is 30.6 Å². The molecule has 0 atom stereocenters. The van der Waals surface area contributed by atoms with Gasteiger partial charge in [0.05, 0.1) is 0 Å². The number of carbonyl (C=O) groups excluding carboxylic acids is 1. The predicted molar refractivity (Wildman–Crippen MR) is 139 cm³/mol. The molecule has 1 fully saturated rings. The lowest BCUT2D eigenvalue weighted by Gasteiger charge is -2.32. The van der Waals surface area contributed by atoms with E-state index in [4.69, 9.17) is 0 Å². The minimum absolute atomic E-state index is 0.0762. The van der Waals surface area contributed by atoms with Crippen molar-refractivity contribution in [3.05, 3.63) is 108 Å². The summed E-state index contributed by atoms with van der Waals surface area (Å²) in [5.74, 6) is 0.0623. The fourth-order valence-corrected chi connectivity index (χ4v) is 4.40. The Morgan fingerprint density at radius 1 is 0.889 bits per heavy atom. The molecule has 4 aromatic rings. The van der Waals surface area contributed by atoms with Crippen LogP contribution < -0.4 is 10.6 Å². The van der Waals surface area contributed by atoms with Gasteiger partial charge in [0.1, 0.15) is 5.82 Å². The number of hydrogen-bond donors (Lipinski definition) is 2. The summed E-state index contributed by atoms with van der Waals surface area (Å²) >= 11 is 0. The Morgan fingerprint density at radius 3 is 2.33 bits per heavy atom. The Balaban J connectivity index is 1.14. The zero-order valence-corrected chi connectivity index (χ0v) is 19.9. The Bertz CT molecular complexity index is 1290. The molecular formula is C29H28FN5O. The van der Waals surface area contributed by atoms with Crippen LogP contribution in [0.2, 0.25) is 0 Å². The van der Waals surface area contributed by atoms with Gasteiger partial charge in [-0.25, -0.2) is 14.4 Å². The molecule has 1 aliphatic heterocycles. The third-order valence-corrected chi connectivity index (χ3v) is 6.38. The van der Waals surface area contributed by atoms with Crippen molar-refractivity contribution < 1.29 is 9.18 Å². The monoisotopic (exact) mass is 481 g/mol. The summed E-state index contributed by atoms with van der Waals surface area (Å²) in [6.07, 6.45) is 5.24. The molecule has 1 saturated heterocycles. The number of nitrogens with one attached hydrogen (secondary N) is 2. The molecule has 6 nitrogen and oxygen atoms in total. The van der Waals surface area contributed by atoms with Crippen LogP contribution in [0.5, 0.6) is 0 Å². The van der Waals surface area contributed by atoms with Crippen LogP contribution in [0.15, 0.2) is 91.3 Å². The van der Waals surface area contributed by atoms with Crippen LogP contribution in [0.3, 0.4) is 0 Å². The molecule has 1 aromatic heterocycles. The van der Waals surface area contributed by atoms with Crippen molar-refractivity contribution in [2.75, 3.05) is 18.4 Å². The largest absolute Gasteiger partial charge is 0.349 e. The third kappa shape index (κ3) is 6.12. The van der Waals surface area contributed by atoms with Crippen LogP contribution in [-0.4, -0.2) is 39.9 Å². The van der Waals surface area contributed by atoms with Crippen LogP contribution in [0, 0.1) is 5.82 Å². The number of halogens is 1. The summed E-state index contributed by atoms with van der Waals surface area (Å²) in [4.78, 5) is 24.1. The first-order valence-corrected chi connectivity index (χ1v) is 12.1. The molecule has 0 radical (unpaired) electrons. The van der Waals surface area contributed by atoms with E-state index in [-0.39, 0.29) is 17.8 Å². The van der Waals surface area contributed by atoms with Gasteiger partial charge in [-0.05, 0) is 54.3 Å². The number of hydrogen-bond acceptors (Lipinski definition) is 5. The Kier molecular flexibility index (Phi) is 7.28. The number of likely N-dealkylation sites (tertiary alicyclic amines) is 1. The number of rotatable bonds is 7. The Hall–Kier alpha value is -4.10. The van der Waals surface area contributed by atoms with E-state index in [0.717, 1.165) is 49.3 Å². The molecule has 1 aliphatic rings. The van der Waals surface area contributed by atoms with Gasteiger partial charge in [0.2, 0.25) is 5.95 Å². The van der Waals surface area contributed by atoms with Crippen LogP contribution in [-0.2, 0) is 6.54 Å². The zero-order chi connectivity index (χ0) is 24.7. The number of aromatic nitrogens is 2. The van der Waals surface area contributed by atoms with Crippen molar-refractivity contribution in [3.8, 4) is 11.1 Å². The molecule has 5 rings (SSSR count). The minimum Gasteiger partial charge on any atom is -0.349 e. The highest BCUT2D eigenvalue weighted by Gasteiger charge is 2.21. The molecule has 3 aromatic carbocycles. The second-order valence-electron chi connectivity index (χ2n) is 9.02. The average Bonchev–Trinajstić information content (AvgIpc) is 2.91. The molecule has 2 heterocycles. The molecule has 0 aliphatic carbocycles. The summed E-state index contributed by atoms with van der Waals surface area (Å²) in [7, 11) is 0. The SMILES string of the molecule is O=C(NC1CCN(Cc2ccccc2)CC1)c1cccc(Nc2ncc(-c3ccc(F)cc3)cn2)c1. The van der Waals surface area contributed by atoms with E-state index in [0.29, 0.717) is 11.5 Å². The molecule has 7 heteroatoms. The van der Waals surface area contributed by atoms with Gasteiger partial charge >= 0.3 is 0 Å². The van der Waals surface area contributed by atoms with E-state index in [1.807, 2.05) is 24.3 Å². The predicted octanol–water partition coefficient (Wildman–Crippen LogP) is 5.42. The second-order valence-corrected chi connectivity index (χ2v) is 9.02.